The van der Waals surface area contributed by atoms with Crippen LogP contribution in [0.25, 0.3) is 0 Å². The summed E-state index contributed by atoms with van der Waals surface area (Å²) in [4.78, 5) is 4.72. The van der Waals surface area contributed by atoms with Crippen molar-refractivity contribution in [3.8, 4) is 0 Å². The molecule has 0 aromatic heterocycles. The van der Waals surface area contributed by atoms with Crippen LogP contribution in [0.3, 0.4) is 0 Å². The predicted octanol–water partition coefficient (Wildman–Crippen LogP) is -3.30. The Balaban J connectivity index is 0.000000224. The topological polar surface area (TPSA) is 135 Å². The van der Waals surface area contributed by atoms with E-state index < -0.39 is 0 Å². The molecule has 8 heteroatoms. The molecule has 22 heavy (non-hydrogen) atoms. The van der Waals surface area contributed by atoms with Crippen LogP contribution in [0.5, 0.6) is 0 Å². The molecule has 0 aromatic carbocycles. The summed E-state index contributed by atoms with van der Waals surface area (Å²) >= 11 is 0. The molecule has 0 radical (unpaired) electrons. The second-order valence-electron chi connectivity index (χ2n) is 6.09. The number of nitrogens with zero attached hydrogens (tertiary/aromatic N) is 2. The number of hydrogen-bond donors (Lipinski definition) is 6. The first-order chi connectivity index (χ1) is 10.6. The summed E-state index contributed by atoms with van der Waals surface area (Å²) in [6.07, 6.45) is 0.842. The number of nitrogens with two attached hydrogens (primary N) is 4. The lowest BCUT2D eigenvalue weighted by Gasteiger charge is -2.28. The zero-order chi connectivity index (χ0) is 16.2. The molecule has 8 nitrogen and oxygen atoms in total. The monoisotopic (exact) mass is 316 g/mol. The van der Waals surface area contributed by atoms with Gasteiger partial charge >= 0.3 is 0 Å². The van der Waals surface area contributed by atoms with Crippen molar-refractivity contribution in [1.29, 1.82) is 0 Å². The summed E-state index contributed by atoms with van der Waals surface area (Å²) in [6, 6.07) is 0.180. The van der Waals surface area contributed by atoms with Crippen LogP contribution in [-0.2, 0) is 0 Å². The molecule has 0 saturated carbocycles. The fourth-order valence-corrected chi connectivity index (χ4v) is 2.59. The van der Waals surface area contributed by atoms with Crippen molar-refractivity contribution in [1.82, 2.24) is 20.4 Å². The van der Waals surface area contributed by atoms with E-state index >= 15 is 0 Å². The molecule has 10 N–H and O–H groups in total. The molecule has 1 atom stereocenters. The van der Waals surface area contributed by atoms with E-state index in [9.17, 15) is 0 Å². The third-order valence-electron chi connectivity index (χ3n) is 4.01. The molecule has 2 aliphatic rings. The van der Waals surface area contributed by atoms with Gasteiger partial charge in [0.15, 0.2) is 0 Å². The van der Waals surface area contributed by atoms with Gasteiger partial charge in [0.2, 0.25) is 0 Å². The first-order valence-corrected chi connectivity index (χ1v) is 8.44. The van der Waals surface area contributed by atoms with E-state index in [1.54, 1.807) is 0 Å². The quantitative estimate of drug-likeness (QED) is 0.281. The highest BCUT2D eigenvalue weighted by atomic mass is 15.2. The van der Waals surface area contributed by atoms with Gasteiger partial charge in [-0.3, -0.25) is 4.90 Å². The third-order valence-corrected chi connectivity index (χ3v) is 4.01. The predicted molar refractivity (Wildman–Crippen MR) is 92.4 cm³/mol. The minimum absolute atomic E-state index is 0.180. The van der Waals surface area contributed by atoms with Gasteiger partial charge in [0.25, 0.3) is 0 Å². The first kappa shape index (κ1) is 19.7. The summed E-state index contributed by atoms with van der Waals surface area (Å²) in [7, 11) is 0. The van der Waals surface area contributed by atoms with Crippen LogP contribution in [0.4, 0.5) is 0 Å². The lowest BCUT2D eigenvalue weighted by atomic mass is 10.2. The van der Waals surface area contributed by atoms with Crippen molar-refractivity contribution in [2.24, 2.45) is 22.9 Å². The zero-order valence-corrected chi connectivity index (χ0v) is 13.8. The van der Waals surface area contributed by atoms with E-state index in [0.29, 0.717) is 6.54 Å². The van der Waals surface area contributed by atoms with Gasteiger partial charge in [-0.1, -0.05) is 0 Å². The number of hydrogen-bond acceptors (Lipinski definition) is 8. The van der Waals surface area contributed by atoms with Crippen molar-refractivity contribution < 1.29 is 0 Å². The van der Waals surface area contributed by atoms with Crippen molar-refractivity contribution >= 4 is 0 Å². The lowest BCUT2D eigenvalue weighted by molar-refractivity contribution is 0.228. The van der Waals surface area contributed by atoms with E-state index in [0.717, 1.165) is 71.9 Å². The highest BCUT2D eigenvalue weighted by molar-refractivity contribution is 4.71. The molecule has 2 rings (SSSR count). The highest BCUT2D eigenvalue weighted by Gasteiger charge is 2.10. The second-order valence-corrected chi connectivity index (χ2v) is 6.09. The largest absolute Gasteiger partial charge is 0.329 e. The van der Waals surface area contributed by atoms with E-state index in [1.807, 2.05) is 0 Å². The SMILES string of the molecule is NC(N)CN1CCNCC1.NCC(N)CCN1CCNCC1. The molecule has 0 bridgehead atoms. The van der Waals surface area contributed by atoms with Crippen molar-refractivity contribution in [3.05, 3.63) is 0 Å². The van der Waals surface area contributed by atoms with Crippen LogP contribution in [0.1, 0.15) is 6.42 Å². The smallest absolute Gasteiger partial charge is 0.0652 e. The van der Waals surface area contributed by atoms with Gasteiger partial charge in [0, 0.05) is 71.5 Å². The minimum atomic E-state index is -0.182. The van der Waals surface area contributed by atoms with Crippen LogP contribution >= 0.6 is 0 Å². The van der Waals surface area contributed by atoms with Crippen LogP contribution < -0.4 is 33.6 Å². The Morgan fingerprint density at radius 2 is 1.32 bits per heavy atom. The van der Waals surface area contributed by atoms with Crippen molar-refractivity contribution in [2.75, 3.05) is 72.0 Å². The van der Waals surface area contributed by atoms with E-state index in [2.05, 4.69) is 20.4 Å². The molecule has 2 aliphatic heterocycles. The molecular weight excluding hydrogens is 280 g/mol. The summed E-state index contributed by atoms with van der Waals surface area (Å²) in [6.45, 7) is 11.3. The number of piperazine rings is 2. The van der Waals surface area contributed by atoms with Crippen LogP contribution in [0, 0.1) is 0 Å². The summed E-state index contributed by atoms with van der Waals surface area (Å²) in [5.41, 5.74) is 22.0. The number of rotatable bonds is 6. The number of nitrogens with one attached hydrogen (secondary N) is 2. The fourth-order valence-electron chi connectivity index (χ4n) is 2.59. The van der Waals surface area contributed by atoms with E-state index in [-0.39, 0.29) is 12.2 Å². The minimum Gasteiger partial charge on any atom is -0.329 e. The van der Waals surface area contributed by atoms with E-state index in [4.69, 9.17) is 22.9 Å². The van der Waals surface area contributed by atoms with Gasteiger partial charge in [-0.05, 0) is 13.0 Å². The Morgan fingerprint density at radius 3 is 1.77 bits per heavy atom. The first-order valence-electron chi connectivity index (χ1n) is 8.44. The van der Waals surface area contributed by atoms with Crippen LogP contribution in [0.15, 0.2) is 0 Å². The van der Waals surface area contributed by atoms with Gasteiger partial charge < -0.3 is 38.5 Å². The summed E-state index contributed by atoms with van der Waals surface area (Å²) in [5.74, 6) is 0. The molecular formula is C14H36N8. The maximum Gasteiger partial charge on any atom is 0.0652 e. The van der Waals surface area contributed by atoms with Gasteiger partial charge in [-0.15, -0.1) is 0 Å². The molecule has 0 spiro atoms. The van der Waals surface area contributed by atoms with Gasteiger partial charge in [-0.2, -0.15) is 0 Å². The molecule has 132 valence electrons. The van der Waals surface area contributed by atoms with Gasteiger partial charge in [-0.25, -0.2) is 0 Å². The Bertz CT molecular complexity index is 251. The summed E-state index contributed by atoms with van der Waals surface area (Å²) < 4.78 is 0. The maximum absolute atomic E-state index is 5.72. The molecule has 1 unspecified atom stereocenters. The Morgan fingerprint density at radius 1 is 0.818 bits per heavy atom. The standard InChI is InChI=1S/C8H20N4.C6H16N4/c9-7-8(10)1-4-12-5-2-11-3-6-12;7-6(8)5-10-3-1-9-2-4-10/h8,11H,1-7,9-10H2;6,9H,1-5,7-8H2. The molecule has 2 heterocycles. The Kier molecular flexibility index (Phi) is 10.9. The molecule has 0 aliphatic carbocycles. The fraction of sp³-hybridized carbons (Fsp3) is 1.00. The Hall–Kier alpha value is -0.320. The van der Waals surface area contributed by atoms with Crippen LogP contribution in [-0.4, -0.2) is 94.0 Å². The van der Waals surface area contributed by atoms with Crippen molar-refractivity contribution in [2.45, 2.75) is 18.6 Å². The van der Waals surface area contributed by atoms with Gasteiger partial charge in [0.1, 0.15) is 0 Å². The third kappa shape index (κ3) is 9.65. The highest BCUT2D eigenvalue weighted by Crippen LogP contribution is 1.95. The average Bonchev–Trinajstić information content (AvgIpc) is 2.54. The van der Waals surface area contributed by atoms with Crippen molar-refractivity contribution in [3.63, 3.8) is 0 Å². The average molecular weight is 316 g/mol. The maximum atomic E-state index is 5.72. The zero-order valence-electron chi connectivity index (χ0n) is 13.8. The molecule has 2 saturated heterocycles. The Labute approximate surface area is 134 Å². The van der Waals surface area contributed by atoms with Gasteiger partial charge in [0.05, 0.1) is 6.17 Å². The molecule has 2 fully saturated rings. The molecule has 0 amide bonds. The van der Waals surface area contributed by atoms with Crippen LogP contribution in [0.2, 0.25) is 0 Å². The molecule has 0 aromatic rings. The second kappa shape index (κ2) is 12.1. The lowest BCUT2D eigenvalue weighted by Crippen LogP contribution is -2.50. The van der Waals surface area contributed by atoms with E-state index in [1.165, 1.54) is 0 Å². The normalized spacial score (nSPS) is 22.2. The summed E-state index contributed by atoms with van der Waals surface area (Å²) in [5, 5.41) is 6.58.